The van der Waals surface area contributed by atoms with Crippen LogP contribution in [0.4, 0.5) is 18.9 Å². The lowest BCUT2D eigenvalue weighted by Crippen LogP contribution is -2.39. The van der Waals surface area contributed by atoms with E-state index in [9.17, 15) is 26.4 Å². The van der Waals surface area contributed by atoms with E-state index in [4.69, 9.17) is 0 Å². The van der Waals surface area contributed by atoms with Crippen LogP contribution >= 0.6 is 0 Å². The van der Waals surface area contributed by atoms with Crippen molar-refractivity contribution < 1.29 is 31.1 Å². The van der Waals surface area contributed by atoms with Crippen LogP contribution in [0.5, 0.6) is 0 Å². The predicted molar refractivity (Wildman–Crippen MR) is 89.1 cm³/mol. The SMILES string of the molecule is C[C@H]1CCCN(S(=O)(=O)c2ccc(NC(=O)COCC(F)(F)F)cc2)C1. The molecule has 0 radical (unpaired) electrons. The maximum atomic E-state index is 12.6. The zero-order chi connectivity index (χ0) is 19.4. The number of rotatable bonds is 6. The van der Waals surface area contributed by atoms with Gasteiger partial charge in [-0.05, 0) is 43.0 Å². The zero-order valence-corrected chi connectivity index (χ0v) is 15.1. The molecular weight excluding hydrogens is 373 g/mol. The lowest BCUT2D eigenvalue weighted by Gasteiger charge is -2.30. The molecule has 10 heteroatoms. The lowest BCUT2D eigenvalue weighted by atomic mass is 10.0. The third-order valence-electron chi connectivity index (χ3n) is 3.89. The minimum absolute atomic E-state index is 0.109. The number of piperidine rings is 1. The number of hydrogen-bond donors (Lipinski definition) is 1. The molecule has 0 aromatic heterocycles. The minimum Gasteiger partial charge on any atom is -0.362 e. The summed E-state index contributed by atoms with van der Waals surface area (Å²) in [6.07, 6.45) is -2.69. The van der Waals surface area contributed by atoms with Crippen molar-refractivity contribution in [3.05, 3.63) is 24.3 Å². The third kappa shape index (κ3) is 5.96. The Kier molecular flexibility index (Phi) is 6.64. The molecule has 1 fully saturated rings. The summed E-state index contributed by atoms with van der Waals surface area (Å²) in [4.78, 5) is 11.6. The molecule has 1 aliphatic heterocycles. The summed E-state index contributed by atoms with van der Waals surface area (Å²) in [5.41, 5.74) is 0.275. The van der Waals surface area contributed by atoms with E-state index in [1.54, 1.807) is 0 Å². The number of hydrogen-bond acceptors (Lipinski definition) is 4. The molecule has 2 rings (SSSR count). The van der Waals surface area contributed by atoms with Gasteiger partial charge in [-0.15, -0.1) is 0 Å². The molecule has 1 amide bonds. The van der Waals surface area contributed by atoms with Gasteiger partial charge >= 0.3 is 6.18 Å². The van der Waals surface area contributed by atoms with E-state index in [1.807, 2.05) is 6.92 Å². The Morgan fingerprint density at radius 2 is 1.96 bits per heavy atom. The highest BCUT2D eigenvalue weighted by atomic mass is 32.2. The molecule has 0 unspecified atom stereocenters. The van der Waals surface area contributed by atoms with Gasteiger partial charge in [0.1, 0.15) is 13.2 Å². The highest BCUT2D eigenvalue weighted by Crippen LogP contribution is 2.24. The van der Waals surface area contributed by atoms with Crippen LogP contribution < -0.4 is 5.32 Å². The number of carbonyl (C=O) groups is 1. The molecule has 1 heterocycles. The highest BCUT2D eigenvalue weighted by Gasteiger charge is 2.29. The van der Waals surface area contributed by atoms with E-state index in [0.717, 1.165) is 12.8 Å². The Labute approximate surface area is 150 Å². The second-order valence-corrected chi connectivity index (χ2v) is 8.23. The quantitative estimate of drug-likeness (QED) is 0.805. The standard InChI is InChI=1S/C16H21F3N2O4S/c1-12-3-2-8-21(9-12)26(23,24)14-6-4-13(5-7-14)20-15(22)10-25-11-16(17,18)19/h4-7,12H,2-3,8-11H2,1H3,(H,20,22)/t12-/m0/s1. The summed E-state index contributed by atoms with van der Waals surface area (Å²) in [5.74, 6) is -0.455. The van der Waals surface area contributed by atoms with Gasteiger partial charge in [-0.1, -0.05) is 6.92 Å². The van der Waals surface area contributed by atoms with Crippen LogP contribution in [0, 0.1) is 5.92 Å². The summed E-state index contributed by atoms with van der Waals surface area (Å²) in [6, 6.07) is 5.51. The molecule has 6 nitrogen and oxygen atoms in total. The van der Waals surface area contributed by atoms with Gasteiger partial charge in [0.25, 0.3) is 0 Å². The molecule has 0 spiro atoms. The molecule has 1 saturated heterocycles. The number of benzene rings is 1. The van der Waals surface area contributed by atoms with Crippen molar-refractivity contribution in [2.24, 2.45) is 5.92 Å². The zero-order valence-electron chi connectivity index (χ0n) is 14.3. The lowest BCUT2D eigenvalue weighted by molar-refractivity contribution is -0.174. The van der Waals surface area contributed by atoms with Crippen molar-refractivity contribution in [2.45, 2.75) is 30.8 Å². The van der Waals surface area contributed by atoms with Crippen LogP contribution in [0.15, 0.2) is 29.2 Å². The molecule has 1 aromatic carbocycles. The maximum Gasteiger partial charge on any atom is 0.411 e. The number of amides is 1. The molecule has 1 aromatic rings. The van der Waals surface area contributed by atoms with Crippen LogP contribution in [0.3, 0.4) is 0 Å². The number of ether oxygens (including phenoxy) is 1. The number of carbonyl (C=O) groups excluding carboxylic acids is 1. The molecule has 146 valence electrons. The van der Waals surface area contributed by atoms with Crippen LogP contribution in [0.25, 0.3) is 0 Å². The molecule has 1 aliphatic rings. The molecular formula is C16H21F3N2O4S. The van der Waals surface area contributed by atoms with Crippen molar-refractivity contribution in [2.75, 3.05) is 31.6 Å². The topological polar surface area (TPSA) is 75.7 Å². The van der Waals surface area contributed by atoms with Gasteiger partial charge in [0.2, 0.25) is 15.9 Å². The Morgan fingerprint density at radius 3 is 2.54 bits per heavy atom. The molecule has 1 atom stereocenters. The summed E-state index contributed by atoms with van der Waals surface area (Å²) in [6.45, 7) is 0.692. The van der Waals surface area contributed by atoms with Gasteiger partial charge in [0, 0.05) is 18.8 Å². The molecule has 0 aliphatic carbocycles. The first-order chi connectivity index (χ1) is 12.1. The van der Waals surface area contributed by atoms with Gasteiger partial charge < -0.3 is 10.1 Å². The molecule has 1 N–H and O–H groups in total. The first kappa shape index (κ1) is 20.7. The summed E-state index contributed by atoms with van der Waals surface area (Å²) < 4.78 is 66.8. The van der Waals surface area contributed by atoms with Crippen molar-refractivity contribution in [1.82, 2.24) is 4.31 Å². The van der Waals surface area contributed by atoms with Gasteiger partial charge in [-0.2, -0.15) is 17.5 Å². The largest absolute Gasteiger partial charge is 0.411 e. The second-order valence-electron chi connectivity index (χ2n) is 6.29. The van der Waals surface area contributed by atoms with Gasteiger partial charge in [0.05, 0.1) is 4.90 Å². The number of nitrogens with zero attached hydrogens (tertiary/aromatic N) is 1. The van der Waals surface area contributed by atoms with E-state index in [1.165, 1.54) is 28.6 Å². The Hall–Kier alpha value is -1.65. The third-order valence-corrected chi connectivity index (χ3v) is 5.77. The molecule has 0 bridgehead atoms. The Balaban J connectivity index is 1.94. The summed E-state index contributed by atoms with van der Waals surface area (Å²) in [7, 11) is -3.60. The average Bonchev–Trinajstić information content (AvgIpc) is 2.54. The monoisotopic (exact) mass is 394 g/mol. The van der Waals surface area contributed by atoms with Gasteiger partial charge in [0.15, 0.2) is 0 Å². The van der Waals surface area contributed by atoms with Crippen LogP contribution in [0.2, 0.25) is 0 Å². The van der Waals surface area contributed by atoms with E-state index < -0.39 is 35.3 Å². The maximum absolute atomic E-state index is 12.6. The fourth-order valence-corrected chi connectivity index (χ4v) is 4.28. The number of sulfonamides is 1. The highest BCUT2D eigenvalue weighted by molar-refractivity contribution is 7.89. The van der Waals surface area contributed by atoms with Crippen LogP contribution in [0.1, 0.15) is 19.8 Å². The van der Waals surface area contributed by atoms with Crippen molar-refractivity contribution >= 4 is 21.6 Å². The molecule has 26 heavy (non-hydrogen) atoms. The minimum atomic E-state index is -4.50. The Morgan fingerprint density at radius 1 is 1.31 bits per heavy atom. The average molecular weight is 394 g/mol. The fourth-order valence-electron chi connectivity index (χ4n) is 2.68. The number of nitrogens with one attached hydrogen (secondary N) is 1. The van der Waals surface area contributed by atoms with Crippen molar-refractivity contribution in [1.29, 1.82) is 0 Å². The van der Waals surface area contributed by atoms with Crippen molar-refractivity contribution in [3.8, 4) is 0 Å². The van der Waals surface area contributed by atoms with E-state index >= 15 is 0 Å². The number of anilines is 1. The van der Waals surface area contributed by atoms with E-state index in [-0.39, 0.29) is 10.6 Å². The van der Waals surface area contributed by atoms with Gasteiger partial charge in [-0.3, -0.25) is 4.79 Å². The summed E-state index contributed by atoms with van der Waals surface area (Å²) >= 11 is 0. The fraction of sp³-hybridized carbons (Fsp3) is 0.562. The smallest absolute Gasteiger partial charge is 0.362 e. The number of alkyl halides is 3. The van der Waals surface area contributed by atoms with Gasteiger partial charge in [-0.25, -0.2) is 8.42 Å². The van der Waals surface area contributed by atoms with Crippen LogP contribution in [-0.4, -0.2) is 51.1 Å². The van der Waals surface area contributed by atoms with E-state index in [0.29, 0.717) is 19.0 Å². The first-order valence-corrected chi connectivity index (χ1v) is 9.56. The van der Waals surface area contributed by atoms with E-state index in [2.05, 4.69) is 10.1 Å². The first-order valence-electron chi connectivity index (χ1n) is 8.12. The Bertz CT molecular complexity index is 720. The molecule has 0 saturated carbocycles. The predicted octanol–water partition coefficient (Wildman–Crippen LogP) is 2.62. The summed E-state index contributed by atoms with van der Waals surface area (Å²) in [5, 5.41) is 2.35. The normalized spacial score (nSPS) is 19.3. The van der Waals surface area contributed by atoms with Crippen molar-refractivity contribution in [3.63, 3.8) is 0 Å². The number of halogens is 3. The second kappa shape index (κ2) is 8.36. The van der Waals surface area contributed by atoms with Crippen LogP contribution in [-0.2, 0) is 19.6 Å².